The van der Waals surface area contributed by atoms with E-state index in [4.69, 9.17) is 14.8 Å². The lowest BCUT2D eigenvalue weighted by Gasteiger charge is -2.37. The number of piperazine rings is 1. The fourth-order valence-corrected chi connectivity index (χ4v) is 4.62. The van der Waals surface area contributed by atoms with Crippen molar-refractivity contribution in [2.75, 3.05) is 31.1 Å². The number of benzene rings is 3. The minimum absolute atomic E-state index is 0.252. The molecule has 7 heteroatoms. The zero-order valence-electron chi connectivity index (χ0n) is 21.9. The van der Waals surface area contributed by atoms with Gasteiger partial charge in [0, 0.05) is 61.6 Å². The third kappa shape index (κ3) is 5.50. The van der Waals surface area contributed by atoms with Gasteiger partial charge in [0.2, 0.25) is 0 Å². The molecule has 0 spiro atoms. The van der Waals surface area contributed by atoms with Crippen molar-refractivity contribution in [1.29, 1.82) is 0 Å². The van der Waals surface area contributed by atoms with Crippen LogP contribution in [0.4, 0.5) is 16.2 Å². The number of hydrogen-bond acceptors (Lipinski definition) is 5. The highest BCUT2D eigenvalue weighted by atomic mass is 16.6. The quantitative estimate of drug-likeness (QED) is 0.336. The summed E-state index contributed by atoms with van der Waals surface area (Å²) in [6, 6.07) is 24.7. The van der Waals surface area contributed by atoms with Gasteiger partial charge >= 0.3 is 6.09 Å². The van der Waals surface area contributed by atoms with Crippen molar-refractivity contribution in [1.82, 2.24) is 14.7 Å². The fraction of sp³-hybridized carbons (Fsp3) is 0.300. The van der Waals surface area contributed by atoms with Crippen LogP contribution in [0.2, 0.25) is 0 Å². The van der Waals surface area contributed by atoms with Gasteiger partial charge in [-0.2, -0.15) is 5.10 Å². The third-order valence-corrected chi connectivity index (χ3v) is 6.35. The number of rotatable bonds is 4. The summed E-state index contributed by atoms with van der Waals surface area (Å²) < 4.78 is 7.40. The van der Waals surface area contributed by atoms with E-state index in [1.54, 1.807) is 4.90 Å². The number of carbonyl (C=O) groups is 1. The Labute approximate surface area is 218 Å². The molecule has 1 aliphatic rings. The molecule has 2 heterocycles. The molecule has 7 nitrogen and oxygen atoms in total. The minimum Gasteiger partial charge on any atom is -0.444 e. The summed E-state index contributed by atoms with van der Waals surface area (Å²) in [4.78, 5) is 21.8. The van der Waals surface area contributed by atoms with Crippen LogP contribution in [-0.2, 0) is 11.8 Å². The van der Waals surface area contributed by atoms with Crippen LogP contribution in [0.3, 0.4) is 0 Å². The van der Waals surface area contributed by atoms with Crippen LogP contribution in [0.15, 0.2) is 84.0 Å². The molecule has 4 aromatic rings. The van der Waals surface area contributed by atoms with Gasteiger partial charge in [0.25, 0.3) is 0 Å². The number of amides is 1. The lowest BCUT2D eigenvalue weighted by Crippen LogP contribution is -2.50. The van der Waals surface area contributed by atoms with E-state index in [0.717, 1.165) is 52.2 Å². The lowest BCUT2D eigenvalue weighted by atomic mass is 10.0. The SMILES string of the molecule is Cn1cc2c(N3CCN(C(=O)OC(C)(C)C)CC3)ccc(N=C(c3ccccc3)c3ccccc3)c2n1. The van der Waals surface area contributed by atoms with Crippen molar-refractivity contribution >= 4 is 34.1 Å². The maximum atomic E-state index is 12.5. The summed E-state index contributed by atoms with van der Waals surface area (Å²) in [5.41, 5.74) is 5.32. The van der Waals surface area contributed by atoms with Crippen molar-refractivity contribution in [3.8, 4) is 0 Å². The van der Waals surface area contributed by atoms with Crippen molar-refractivity contribution in [2.45, 2.75) is 26.4 Å². The van der Waals surface area contributed by atoms with Crippen LogP contribution in [0, 0.1) is 0 Å². The first-order valence-corrected chi connectivity index (χ1v) is 12.7. The summed E-state index contributed by atoms with van der Waals surface area (Å²) in [6.45, 7) is 8.36. The average molecular weight is 496 g/mol. The first-order chi connectivity index (χ1) is 17.8. The Hall–Kier alpha value is -4.13. The van der Waals surface area contributed by atoms with Crippen molar-refractivity contribution in [3.63, 3.8) is 0 Å². The molecule has 37 heavy (non-hydrogen) atoms. The number of aromatic nitrogens is 2. The van der Waals surface area contributed by atoms with Gasteiger partial charge in [-0.05, 0) is 32.9 Å². The van der Waals surface area contributed by atoms with Crippen LogP contribution < -0.4 is 4.90 Å². The molecule has 5 rings (SSSR count). The second kappa shape index (κ2) is 10.1. The van der Waals surface area contributed by atoms with Gasteiger partial charge in [-0.25, -0.2) is 9.79 Å². The number of fused-ring (bicyclic) bond motifs is 1. The van der Waals surface area contributed by atoms with Gasteiger partial charge in [0.05, 0.1) is 11.4 Å². The molecule has 0 N–H and O–H groups in total. The molecule has 1 amide bonds. The number of aryl methyl sites for hydroxylation is 1. The zero-order chi connectivity index (χ0) is 26.0. The van der Waals surface area contributed by atoms with E-state index in [2.05, 4.69) is 47.5 Å². The molecule has 0 bridgehead atoms. The highest BCUT2D eigenvalue weighted by Gasteiger charge is 2.27. The highest BCUT2D eigenvalue weighted by molar-refractivity contribution is 6.15. The molecule has 190 valence electrons. The minimum atomic E-state index is -0.495. The molecule has 3 aromatic carbocycles. The van der Waals surface area contributed by atoms with Gasteiger partial charge in [0.1, 0.15) is 11.1 Å². The van der Waals surface area contributed by atoms with E-state index < -0.39 is 5.60 Å². The first kappa shape index (κ1) is 24.6. The van der Waals surface area contributed by atoms with Gasteiger partial charge in [-0.15, -0.1) is 0 Å². The molecule has 0 aliphatic carbocycles. The largest absolute Gasteiger partial charge is 0.444 e. The monoisotopic (exact) mass is 495 g/mol. The molecule has 0 saturated carbocycles. The molecule has 1 aromatic heterocycles. The molecule has 1 fully saturated rings. The van der Waals surface area contributed by atoms with Gasteiger partial charge in [0.15, 0.2) is 0 Å². The Kier molecular flexibility index (Phi) is 6.70. The average Bonchev–Trinajstić information content (AvgIpc) is 3.29. The summed E-state index contributed by atoms with van der Waals surface area (Å²) in [6.07, 6.45) is 1.80. The van der Waals surface area contributed by atoms with Crippen molar-refractivity contribution in [3.05, 3.63) is 90.1 Å². The molecular formula is C30H33N5O2. The number of ether oxygens (including phenoxy) is 1. The summed E-state index contributed by atoms with van der Waals surface area (Å²) >= 11 is 0. The zero-order valence-corrected chi connectivity index (χ0v) is 21.9. The normalized spacial score (nSPS) is 14.1. The van der Waals surface area contributed by atoms with E-state index >= 15 is 0 Å². The van der Waals surface area contributed by atoms with Crippen LogP contribution >= 0.6 is 0 Å². The van der Waals surface area contributed by atoms with Crippen molar-refractivity contribution in [2.24, 2.45) is 12.0 Å². The molecule has 1 aliphatic heterocycles. The van der Waals surface area contributed by atoms with E-state index in [1.165, 1.54) is 0 Å². The number of hydrogen-bond donors (Lipinski definition) is 0. The van der Waals surface area contributed by atoms with E-state index in [9.17, 15) is 4.79 Å². The Balaban J connectivity index is 1.47. The van der Waals surface area contributed by atoms with Crippen LogP contribution in [0.25, 0.3) is 10.9 Å². The lowest BCUT2D eigenvalue weighted by molar-refractivity contribution is 0.0240. The maximum Gasteiger partial charge on any atom is 0.410 e. The maximum absolute atomic E-state index is 12.5. The topological polar surface area (TPSA) is 63.0 Å². The van der Waals surface area contributed by atoms with Gasteiger partial charge in [-0.3, -0.25) is 4.68 Å². The van der Waals surface area contributed by atoms with Crippen LogP contribution in [0.5, 0.6) is 0 Å². The van der Waals surface area contributed by atoms with E-state index in [-0.39, 0.29) is 6.09 Å². The molecular weight excluding hydrogens is 462 g/mol. The molecule has 1 saturated heterocycles. The molecule has 0 atom stereocenters. The molecule has 0 unspecified atom stereocenters. The second-order valence-electron chi connectivity index (χ2n) is 10.3. The Morgan fingerprint density at radius 3 is 2.03 bits per heavy atom. The van der Waals surface area contributed by atoms with Gasteiger partial charge < -0.3 is 14.5 Å². The standard InChI is InChI=1S/C30H33N5O2/c1-30(2,3)37-29(36)35-19-17-34(18-20-35)26-16-15-25(28-24(26)21-33(4)32-28)31-27(22-11-7-5-8-12-22)23-13-9-6-10-14-23/h5-16,21H,17-20H2,1-4H3. The predicted octanol–water partition coefficient (Wildman–Crippen LogP) is 5.80. The number of nitrogens with zero attached hydrogens (tertiary/aromatic N) is 5. The second-order valence-corrected chi connectivity index (χ2v) is 10.3. The van der Waals surface area contributed by atoms with Gasteiger partial charge in [-0.1, -0.05) is 60.7 Å². The summed E-state index contributed by atoms with van der Waals surface area (Å²) in [5.74, 6) is 0. The Bertz CT molecular complexity index is 1370. The predicted molar refractivity (Wildman–Crippen MR) is 149 cm³/mol. The number of anilines is 1. The fourth-order valence-electron chi connectivity index (χ4n) is 4.62. The van der Waals surface area contributed by atoms with E-state index in [0.29, 0.717) is 13.1 Å². The number of carbonyl (C=O) groups excluding carboxylic acids is 1. The Morgan fingerprint density at radius 2 is 1.46 bits per heavy atom. The highest BCUT2D eigenvalue weighted by Crippen LogP contribution is 2.34. The summed E-state index contributed by atoms with van der Waals surface area (Å²) in [5, 5.41) is 5.84. The first-order valence-electron chi connectivity index (χ1n) is 12.7. The molecule has 0 radical (unpaired) electrons. The van der Waals surface area contributed by atoms with Crippen molar-refractivity contribution < 1.29 is 9.53 Å². The number of aliphatic imine (C=N–C) groups is 1. The Morgan fingerprint density at radius 1 is 0.865 bits per heavy atom. The van der Waals surface area contributed by atoms with E-state index in [1.807, 2.05) is 68.9 Å². The van der Waals surface area contributed by atoms with Crippen LogP contribution in [0.1, 0.15) is 31.9 Å². The smallest absolute Gasteiger partial charge is 0.410 e. The third-order valence-electron chi connectivity index (χ3n) is 6.35. The van der Waals surface area contributed by atoms with Crippen LogP contribution in [-0.4, -0.2) is 58.3 Å². The summed E-state index contributed by atoms with van der Waals surface area (Å²) in [7, 11) is 1.94.